The summed E-state index contributed by atoms with van der Waals surface area (Å²) in [6.45, 7) is 5.01. The predicted molar refractivity (Wildman–Crippen MR) is 95.0 cm³/mol. The summed E-state index contributed by atoms with van der Waals surface area (Å²) in [7, 11) is 3.97. The molecule has 1 aliphatic heterocycles. The van der Waals surface area contributed by atoms with Gasteiger partial charge in [-0.05, 0) is 19.8 Å². The molecule has 24 heavy (non-hydrogen) atoms. The largest absolute Gasteiger partial charge is 0.367 e. The van der Waals surface area contributed by atoms with Crippen LogP contribution in [0.3, 0.4) is 0 Å². The van der Waals surface area contributed by atoms with Crippen molar-refractivity contribution in [2.45, 2.75) is 32.4 Å². The van der Waals surface area contributed by atoms with E-state index in [-0.39, 0.29) is 0 Å². The van der Waals surface area contributed by atoms with Gasteiger partial charge < -0.3 is 10.2 Å². The van der Waals surface area contributed by atoms with Crippen LogP contribution < -0.4 is 10.2 Å². The molecule has 0 aromatic carbocycles. The van der Waals surface area contributed by atoms with Crippen LogP contribution in [0.1, 0.15) is 24.2 Å². The van der Waals surface area contributed by atoms with Crippen molar-refractivity contribution < 1.29 is 0 Å². The molecule has 1 N–H and O–H groups in total. The molecule has 0 atom stereocenters. The van der Waals surface area contributed by atoms with Gasteiger partial charge in [0, 0.05) is 58.2 Å². The first-order valence-corrected chi connectivity index (χ1v) is 8.36. The maximum absolute atomic E-state index is 4.44. The standard InChI is InChI=1S/C17H25N7/c1-13-15(19-7-6-18-13)11-24-8-4-14(5-9-24)22-16-10-17(23(2)3)21-12-20-16/h6-7,10,12,14H,4-5,8-9,11H2,1-3H3,(H,20,21,22). The van der Waals surface area contributed by atoms with Gasteiger partial charge in [0.1, 0.15) is 18.0 Å². The fourth-order valence-electron chi connectivity index (χ4n) is 2.92. The molecule has 0 amide bonds. The Bertz CT molecular complexity index is 665. The third kappa shape index (κ3) is 4.17. The molecule has 0 bridgehead atoms. The molecule has 2 aromatic rings. The van der Waals surface area contributed by atoms with Crippen LogP contribution in [-0.4, -0.2) is 58.1 Å². The first-order valence-electron chi connectivity index (χ1n) is 8.36. The summed E-state index contributed by atoms with van der Waals surface area (Å²) in [4.78, 5) is 21.8. The Kier molecular flexibility index (Phi) is 5.20. The van der Waals surface area contributed by atoms with Crippen molar-refractivity contribution in [3.63, 3.8) is 0 Å². The number of rotatable bonds is 5. The van der Waals surface area contributed by atoms with Crippen molar-refractivity contribution in [2.24, 2.45) is 0 Å². The second-order valence-corrected chi connectivity index (χ2v) is 6.44. The number of likely N-dealkylation sites (tertiary alicyclic amines) is 1. The van der Waals surface area contributed by atoms with Crippen molar-refractivity contribution in [1.82, 2.24) is 24.8 Å². The summed E-state index contributed by atoms with van der Waals surface area (Å²) < 4.78 is 0. The third-order valence-corrected chi connectivity index (χ3v) is 4.41. The van der Waals surface area contributed by atoms with E-state index >= 15 is 0 Å². The first kappa shape index (κ1) is 16.6. The molecule has 3 rings (SSSR count). The summed E-state index contributed by atoms with van der Waals surface area (Å²) in [5, 5.41) is 3.54. The fourth-order valence-corrected chi connectivity index (χ4v) is 2.92. The SMILES string of the molecule is Cc1nccnc1CN1CCC(Nc2cc(N(C)C)ncn2)CC1. The van der Waals surface area contributed by atoms with Gasteiger partial charge in [0.15, 0.2) is 0 Å². The van der Waals surface area contributed by atoms with Crippen LogP contribution in [0.15, 0.2) is 24.8 Å². The van der Waals surface area contributed by atoms with Gasteiger partial charge in [-0.15, -0.1) is 0 Å². The number of nitrogens with zero attached hydrogens (tertiary/aromatic N) is 6. The fraction of sp³-hybridized carbons (Fsp3) is 0.529. The number of anilines is 2. The van der Waals surface area contributed by atoms with E-state index in [9.17, 15) is 0 Å². The van der Waals surface area contributed by atoms with Gasteiger partial charge in [0.25, 0.3) is 0 Å². The lowest BCUT2D eigenvalue weighted by Gasteiger charge is -2.32. The number of aryl methyl sites for hydroxylation is 1. The number of hydrogen-bond acceptors (Lipinski definition) is 7. The lowest BCUT2D eigenvalue weighted by atomic mass is 10.0. The molecule has 0 unspecified atom stereocenters. The summed E-state index contributed by atoms with van der Waals surface area (Å²) >= 11 is 0. The maximum Gasteiger partial charge on any atom is 0.133 e. The van der Waals surface area contributed by atoms with Crippen LogP contribution in [0.5, 0.6) is 0 Å². The van der Waals surface area contributed by atoms with Crippen LogP contribution in [0.4, 0.5) is 11.6 Å². The zero-order valence-corrected chi connectivity index (χ0v) is 14.6. The van der Waals surface area contributed by atoms with Crippen LogP contribution in [-0.2, 0) is 6.54 Å². The van der Waals surface area contributed by atoms with E-state index in [0.717, 1.165) is 55.5 Å². The molecule has 2 aromatic heterocycles. The highest BCUT2D eigenvalue weighted by Crippen LogP contribution is 2.18. The Hall–Kier alpha value is -2.28. The summed E-state index contributed by atoms with van der Waals surface area (Å²) in [6, 6.07) is 2.45. The number of hydrogen-bond donors (Lipinski definition) is 1. The quantitative estimate of drug-likeness (QED) is 0.896. The molecule has 1 saturated heterocycles. The highest BCUT2D eigenvalue weighted by Gasteiger charge is 2.20. The van der Waals surface area contributed by atoms with E-state index in [2.05, 4.69) is 30.2 Å². The zero-order valence-electron chi connectivity index (χ0n) is 14.6. The summed E-state index contributed by atoms with van der Waals surface area (Å²) in [6.07, 6.45) is 7.33. The summed E-state index contributed by atoms with van der Waals surface area (Å²) in [5.41, 5.74) is 2.10. The number of piperidine rings is 1. The Morgan fingerprint density at radius 2 is 1.88 bits per heavy atom. The number of nitrogens with one attached hydrogen (secondary N) is 1. The van der Waals surface area contributed by atoms with E-state index in [1.54, 1.807) is 18.7 Å². The van der Waals surface area contributed by atoms with Crippen molar-refractivity contribution in [2.75, 3.05) is 37.4 Å². The average Bonchev–Trinajstić information content (AvgIpc) is 2.59. The molecular weight excluding hydrogens is 302 g/mol. The highest BCUT2D eigenvalue weighted by atomic mass is 15.2. The van der Waals surface area contributed by atoms with Crippen LogP contribution in [0.2, 0.25) is 0 Å². The molecule has 0 aliphatic carbocycles. The summed E-state index contributed by atoms with van der Waals surface area (Å²) in [5.74, 6) is 1.82. The Labute approximate surface area is 143 Å². The van der Waals surface area contributed by atoms with Gasteiger partial charge in [-0.2, -0.15) is 0 Å². The van der Waals surface area contributed by atoms with Gasteiger partial charge in [-0.3, -0.25) is 14.9 Å². The van der Waals surface area contributed by atoms with E-state index in [0.29, 0.717) is 6.04 Å². The highest BCUT2D eigenvalue weighted by molar-refractivity contribution is 5.47. The van der Waals surface area contributed by atoms with Crippen molar-refractivity contribution in [1.29, 1.82) is 0 Å². The molecule has 7 heteroatoms. The topological polar surface area (TPSA) is 70.1 Å². The molecule has 3 heterocycles. The maximum atomic E-state index is 4.44. The van der Waals surface area contributed by atoms with Gasteiger partial charge >= 0.3 is 0 Å². The molecule has 1 aliphatic rings. The molecule has 128 valence electrons. The molecule has 1 fully saturated rings. The van der Waals surface area contributed by atoms with Gasteiger partial charge in [0.05, 0.1) is 11.4 Å². The monoisotopic (exact) mass is 327 g/mol. The minimum Gasteiger partial charge on any atom is -0.367 e. The normalized spacial score (nSPS) is 16.1. The predicted octanol–water partition coefficient (Wildman–Crippen LogP) is 1.72. The molecule has 0 radical (unpaired) electrons. The van der Waals surface area contributed by atoms with Crippen molar-refractivity contribution in [3.8, 4) is 0 Å². The van der Waals surface area contributed by atoms with E-state index in [4.69, 9.17) is 0 Å². The second-order valence-electron chi connectivity index (χ2n) is 6.44. The Morgan fingerprint density at radius 3 is 2.58 bits per heavy atom. The van der Waals surface area contributed by atoms with E-state index in [1.165, 1.54) is 0 Å². The average molecular weight is 327 g/mol. The van der Waals surface area contributed by atoms with Gasteiger partial charge in [-0.25, -0.2) is 9.97 Å². The molecule has 0 spiro atoms. The van der Waals surface area contributed by atoms with Crippen molar-refractivity contribution >= 4 is 11.6 Å². The smallest absolute Gasteiger partial charge is 0.133 e. The zero-order chi connectivity index (χ0) is 16.9. The minimum absolute atomic E-state index is 0.453. The third-order valence-electron chi connectivity index (χ3n) is 4.41. The van der Waals surface area contributed by atoms with E-state index in [1.807, 2.05) is 32.0 Å². The van der Waals surface area contributed by atoms with Gasteiger partial charge in [0.2, 0.25) is 0 Å². The van der Waals surface area contributed by atoms with Gasteiger partial charge in [-0.1, -0.05) is 0 Å². The van der Waals surface area contributed by atoms with Crippen molar-refractivity contribution in [3.05, 3.63) is 36.2 Å². The Morgan fingerprint density at radius 1 is 1.12 bits per heavy atom. The lowest BCUT2D eigenvalue weighted by Crippen LogP contribution is -2.39. The minimum atomic E-state index is 0.453. The van der Waals surface area contributed by atoms with Crippen LogP contribution in [0.25, 0.3) is 0 Å². The lowest BCUT2D eigenvalue weighted by molar-refractivity contribution is 0.208. The molecular formula is C17H25N7. The van der Waals surface area contributed by atoms with E-state index < -0.39 is 0 Å². The number of aromatic nitrogens is 4. The van der Waals surface area contributed by atoms with Crippen LogP contribution in [0, 0.1) is 6.92 Å². The Balaban J connectivity index is 1.52. The van der Waals surface area contributed by atoms with Crippen LogP contribution >= 0.6 is 0 Å². The molecule has 7 nitrogen and oxygen atoms in total. The molecule has 0 saturated carbocycles. The first-order chi connectivity index (χ1) is 11.6. The second kappa shape index (κ2) is 7.53.